The topological polar surface area (TPSA) is 35.0 Å². The summed E-state index contributed by atoms with van der Waals surface area (Å²) in [5.41, 5.74) is 0.538. The van der Waals surface area contributed by atoms with Gasteiger partial charge in [-0.3, -0.25) is 0 Å². The normalized spacial score (nSPS) is 11.5. The summed E-state index contributed by atoms with van der Waals surface area (Å²) in [7, 11) is 0. The molecule has 0 radical (unpaired) electrons. The van der Waals surface area contributed by atoms with Gasteiger partial charge in [-0.1, -0.05) is 124 Å². The van der Waals surface area contributed by atoms with Gasteiger partial charge in [0.2, 0.25) is 0 Å². The largest absolute Gasteiger partial charge is 0.344 e. The van der Waals surface area contributed by atoms with Crippen molar-refractivity contribution in [2.75, 3.05) is 0 Å². The molecule has 136 valence electrons. The molecule has 0 rings (SSSR count). The zero-order valence-electron chi connectivity index (χ0n) is 16.5. The third-order valence-corrected chi connectivity index (χ3v) is 4.53. The minimum atomic E-state index is 0. The Balaban J connectivity index is 0. The van der Waals surface area contributed by atoms with E-state index in [1.807, 2.05) is 0 Å². The molecule has 0 atom stereocenters. The van der Waals surface area contributed by atoms with E-state index in [2.05, 4.69) is 27.7 Å². The van der Waals surface area contributed by atoms with E-state index in [0.717, 1.165) is 0 Å². The summed E-state index contributed by atoms with van der Waals surface area (Å²) in [5, 5.41) is 0. The van der Waals surface area contributed by atoms with Crippen LogP contribution in [0.1, 0.15) is 130 Å². The molecule has 0 saturated heterocycles. The Labute approximate surface area is 142 Å². The summed E-state index contributed by atoms with van der Waals surface area (Å²) in [4.78, 5) is 0. The molecule has 0 spiro atoms. The standard InChI is InChI=1S/C21H44.H3N/c1-5-6-7-8-9-10-11-12-13-14-15-16-17-18-19-20-21(2,3)4;/h5-20H2,1-4H3;1H3. The smallest absolute Gasteiger partial charge is 0.0383 e. The second-order valence-corrected chi connectivity index (χ2v) is 8.26. The predicted molar refractivity (Wildman–Crippen MR) is 104 cm³/mol. The Morgan fingerprint density at radius 3 is 1.00 bits per heavy atom. The Morgan fingerprint density at radius 1 is 0.455 bits per heavy atom. The zero-order chi connectivity index (χ0) is 15.8. The highest BCUT2D eigenvalue weighted by Gasteiger charge is 2.08. The first-order chi connectivity index (χ1) is 10.1. The van der Waals surface area contributed by atoms with Crippen molar-refractivity contribution in [1.82, 2.24) is 6.15 Å². The van der Waals surface area contributed by atoms with Gasteiger partial charge in [-0.2, -0.15) is 0 Å². The second kappa shape index (κ2) is 17.3. The van der Waals surface area contributed by atoms with Gasteiger partial charge in [0, 0.05) is 0 Å². The van der Waals surface area contributed by atoms with Crippen LogP contribution < -0.4 is 6.15 Å². The van der Waals surface area contributed by atoms with Crippen LogP contribution in [-0.2, 0) is 0 Å². The molecule has 0 aliphatic carbocycles. The van der Waals surface area contributed by atoms with Gasteiger partial charge in [0.05, 0.1) is 0 Å². The van der Waals surface area contributed by atoms with Crippen molar-refractivity contribution in [3.8, 4) is 0 Å². The van der Waals surface area contributed by atoms with Gasteiger partial charge in [0.1, 0.15) is 0 Å². The molecule has 0 aliphatic heterocycles. The fourth-order valence-electron chi connectivity index (χ4n) is 3.03. The Bertz CT molecular complexity index is 193. The minimum absolute atomic E-state index is 0. The summed E-state index contributed by atoms with van der Waals surface area (Å²) >= 11 is 0. The van der Waals surface area contributed by atoms with Gasteiger partial charge in [-0.25, -0.2) is 0 Å². The average molecular weight is 314 g/mol. The molecule has 0 amide bonds. The molecule has 1 nitrogen and oxygen atoms in total. The lowest BCUT2D eigenvalue weighted by Gasteiger charge is -2.17. The van der Waals surface area contributed by atoms with E-state index in [1.165, 1.54) is 103 Å². The first-order valence-corrected chi connectivity index (χ1v) is 10.1. The first-order valence-electron chi connectivity index (χ1n) is 10.1. The monoisotopic (exact) mass is 313 g/mol. The molecule has 0 aromatic rings. The molecule has 0 aromatic carbocycles. The molecule has 1 heteroatoms. The van der Waals surface area contributed by atoms with Crippen molar-refractivity contribution >= 4 is 0 Å². The van der Waals surface area contributed by atoms with Crippen LogP contribution in [0.25, 0.3) is 0 Å². The highest BCUT2D eigenvalue weighted by molar-refractivity contribution is 4.61. The third-order valence-electron chi connectivity index (χ3n) is 4.53. The summed E-state index contributed by atoms with van der Waals surface area (Å²) in [5.74, 6) is 0. The highest BCUT2D eigenvalue weighted by Crippen LogP contribution is 2.22. The van der Waals surface area contributed by atoms with E-state index in [-0.39, 0.29) is 6.15 Å². The lowest BCUT2D eigenvalue weighted by atomic mass is 9.89. The molecule has 0 heterocycles. The number of hydrogen-bond acceptors (Lipinski definition) is 1. The van der Waals surface area contributed by atoms with Crippen molar-refractivity contribution in [3.63, 3.8) is 0 Å². The van der Waals surface area contributed by atoms with Crippen LogP contribution in [0.4, 0.5) is 0 Å². The van der Waals surface area contributed by atoms with Crippen molar-refractivity contribution in [2.24, 2.45) is 5.41 Å². The maximum absolute atomic E-state index is 2.36. The molecule has 0 fully saturated rings. The lowest BCUT2D eigenvalue weighted by Crippen LogP contribution is -2.03. The summed E-state index contributed by atoms with van der Waals surface area (Å²) in [6.07, 6.45) is 23.3. The average Bonchev–Trinajstić information content (AvgIpc) is 2.42. The predicted octanol–water partition coefficient (Wildman–Crippen LogP) is 8.46. The molecular formula is C21H47N. The van der Waals surface area contributed by atoms with Crippen LogP contribution in [0.5, 0.6) is 0 Å². The fourth-order valence-corrected chi connectivity index (χ4v) is 3.03. The van der Waals surface area contributed by atoms with E-state index in [4.69, 9.17) is 0 Å². The fraction of sp³-hybridized carbons (Fsp3) is 1.00. The maximum atomic E-state index is 2.36. The van der Waals surface area contributed by atoms with Gasteiger partial charge in [-0.15, -0.1) is 0 Å². The Hall–Kier alpha value is -0.0400. The Morgan fingerprint density at radius 2 is 0.727 bits per heavy atom. The van der Waals surface area contributed by atoms with Crippen molar-refractivity contribution < 1.29 is 0 Å². The van der Waals surface area contributed by atoms with Crippen LogP contribution in [0.3, 0.4) is 0 Å². The van der Waals surface area contributed by atoms with Crippen LogP contribution in [0.15, 0.2) is 0 Å². The number of unbranched alkanes of at least 4 members (excludes halogenated alkanes) is 14. The van der Waals surface area contributed by atoms with Gasteiger partial charge in [-0.05, 0) is 11.8 Å². The molecule has 3 N–H and O–H groups in total. The Kier molecular flexibility index (Phi) is 19.1. The number of hydrogen-bond donors (Lipinski definition) is 1. The van der Waals surface area contributed by atoms with E-state index >= 15 is 0 Å². The van der Waals surface area contributed by atoms with Gasteiger partial charge in [0.25, 0.3) is 0 Å². The van der Waals surface area contributed by atoms with E-state index < -0.39 is 0 Å². The molecule has 0 bridgehead atoms. The maximum Gasteiger partial charge on any atom is -0.0383 e. The molecule has 0 aliphatic rings. The van der Waals surface area contributed by atoms with Crippen LogP contribution in [0.2, 0.25) is 0 Å². The summed E-state index contributed by atoms with van der Waals surface area (Å²) in [6, 6.07) is 0. The quantitative estimate of drug-likeness (QED) is 0.302. The van der Waals surface area contributed by atoms with Crippen LogP contribution >= 0.6 is 0 Å². The van der Waals surface area contributed by atoms with Gasteiger partial charge >= 0.3 is 0 Å². The van der Waals surface area contributed by atoms with Crippen LogP contribution in [0, 0.1) is 5.41 Å². The van der Waals surface area contributed by atoms with Gasteiger partial charge in [0.15, 0.2) is 0 Å². The van der Waals surface area contributed by atoms with Crippen LogP contribution in [-0.4, -0.2) is 0 Å². The van der Waals surface area contributed by atoms with E-state index in [9.17, 15) is 0 Å². The molecule has 0 saturated carbocycles. The van der Waals surface area contributed by atoms with E-state index in [0.29, 0.717) is 5.41 Å². The van der Waals surface area contributed by atoms with Gasteiger partial charge < -0.3 is 6.15 Å². The molecular weight excluding hydrogens is 266 g/mol. The molecule has 0 aromatic heterocycles. The number of rotatable bonds is 15. The van der Waals surface area contributed by atoms with Crippen molar-refractivity contribution in [1.29, 1.82) is 0 Å². The molecule has 22 heavy (non-hydrogen) atoms. The highest BCUT2D eigenvalue weighted by atomic mass is 14.1. The van der Waals surface area contributed by atoms with Crippen molar-refractivity contribution in [2.45, 2.75) is 130 Å². The van der Waals surface area contributed by atoms with Crippen molar-refractivity contribution in [3.05, 3.63) is 0 Å². The first kappa shape index (κ1) is 24.2. The SMILES string of the molecule is CCCCCCCCCCCCCCCCCC(C)(C)C.N. The zero-order valence-corrected chi connectivity index (χ0v) is 16.5. The third kappa shape index (κ3) is 22.2. The molecule has 0 unspecified atom stereocenters. The minimum Gasteiger partial charge on any atom is -0.344 e. The second-order valence-electron chi connectivity index (χ2n) is 8.26. The van der Waals surface area contributed by atoms with E-state index in [1.54, 1.807) is 0 Å². The summed E-state index contributed by atoms with van der Waals surface area (Å²) in [6.45, 7) is 9.37. The summed E-state index contributed by atoms with van der Waals surface area (Å²) < 4.78 is 0. The lowest BCUT2D eigenvalue weighted by molar-refractivity contribution is 0.356.